The number of hydrogen-bond donors (Lipinski definition) is 0. The molecule has 1 aliphatic rings. The standard InChI is InChI=1S/C14H16OSi/c1-10-13(15)12(14(10)16(2,3)4)11-8-6-5-7-9-11/h5-9H,1H2,2-4H3. The first kappa shape index (κ1) is 11.1. The Hall–Kier alpha value is -1.41. The molecule has 0 fully saturated rings. The first-order valence-corrected chi connectivity index (χ1v) is 8.97. The van der Waals surface area contributed by atoms with Crippen LogP contribution in [0.25, 0.3) is 5.57 Å². The molecule has 82 valence electrons. The Kier molecular flexibility index (Phi) is 2.47. The monoisotopic (exact) mass is 228 g/mol. The van der Waals surface area contributed by atoms with Crippen LogP contribution in [0.4, 0.5) is 0 Å². The third-order valence-electron chi connectivity index (χ3n) is 2.87. The molecule has 1 aromatic rings. The highest BCUT2D eigenvalue weighted by Crippen LogP contribution is 2.41. The lowest BCUT2D eigenvalue weighted by Gasteiger charge is -2.33. The van der Waals surface area contributed by atoms with E-state index in [2.05, 4.69) is 26.2 Å². The summed E-state index contributed by atoms with van der Waals surface area (Å²) < 4.78 is 0. The fourth-order valence-electron chi connectivity index (χ4n) is 2.17. The molecule has 0 saturated carbocycles. The molecule has 0 atom stereocenters. The lowest BCUT2D eigenvalue weighted by atomic mass is 9.86. The van der Waals surface area contributed by atoms with Crippen molar-refractivity contribution in [1.82, 2.24) is 0 Å². The maximum Gasteiger partial charge on any atom is 0.192 e. The Morgan fingerprint density at radius 3 is 2.12 bits per heavy atom. The van der Waals surface area contributed by atoms with Gasteiger partial charge in [-0.3, -0.25) is 4.79 Å². The summed E-state index contributed by atoms with van der Waals surface area (Å²) in [6.45, 7) is 10.7. The number of carbonyl (C=O) groups is 1. The van der Waals surface area contributed by atoms with Gasteiger partial charge in [0, 0.05) is 11.1 Å². The number of Topliss-reactive ketones (excluding diaryl/α,β-unsaturated/α-hetero) is 1. The number of ketones is 1. The third-order valence-corrected chi connectivity index (χ3v) is 4.92. The molecule has 0 N–H and O–H groups in total. The Balaban J connectivity index is 2.59. The van der Waals surface area contributed by atoms with E-state index in [0.29, 0.717) is 0 Å². The summed E-state index contributed by atoms with van der Waals surface area (Å²) in [5.74, 6) is 0.128. The topological polar surface area (TPSA) is 17.1 Å². The van der Waals surface area contributed by atoms with Crippen molar-refractivity contribution in [3.8, 4) is 0 Å². The van der Waals surface area contributed by atoms with E-state index in [1.165, 1.54) is 5.20 Å². The Labute approximate surface area is 97.5 Å². The fourth-order valence-corrected chi connectivity index (χ4v) is 4.20. The molecule has 0 bridgehead atoms. The molecule has 0 aliphatic heterocycles. The summed E-state index contributed by atoms with van der Waals surface area (Å²) in [6, 6.07) is 9.91. The Morgan fingerprint density at radius 2 is 1.62 bits per heavy atom. The molecule has 0 heterocycles. The van der Waals surface area contributed by atoms with Crippen LogP contribution in [0.5, 0.6) is 0 Å². The van der Waals surface area contributed by atoms with Gasteiger partial charge in [0.1, 0.15) is 0 Å². The molecule has 0 saturated heterocycles. The summed E-state index contributed by atoms with van der Waals surface area (Å²) in [5.41, 5.74) is 2.68. The molecule has 0 radical (unpaired) electrons. The zero-order valence-corrected chi connectivity index (χ0v) is 11.0. The minimum atomic E-state index is -1.47. The van der Waals surface area contributed by atoms with Gasteiger partial charge in [-0.25, -0.2) is 0 Å². The van der Waals surface area contributed by atoms with Crippen LogP contribution in [0, 0.1) is 0 Å². The van der Waals surface area contributed by atoms with Gasteiger partial charge < -0.3 is 0 Å². The first-order valence-electron chi connectivity index (χ1n) is 5.47. The molecule has 0 unspecified atom stereocenters. The maximum atomic E-state index is 11.9. The predicted molar refractivity (Wildman–Crippen MR) is 70.9 cm³/mol. The average molecular weight is 228 g/mol. The second-order valence-electron chi connectivity index (χ2n) is 5.17. The predicted octanol–water partition coefficient (Wildman–Crippen LogP) is 3.46. The molecule has 0 spiro atoms. The van der Waals surface area contributed by atoms with Crippen LogP contribution < -0.4 is 0 Å². The molecule has 1 nitrogen and oxygen atoms in total. The van der Waals surface area contributed by atoms with Crippen molar-refractivity contribution in [3.05, 3.63) is 53.2 Å². The van der Waals surface area contributed by atoms with Crippen LogP contribution >= 0.6 is 0 Å². The number of rotatable bonds is 2. The average Bonchev–Trinajstić information content (AvgIpc) is 2.23. The van der Waals surface area contributed by atoms with E-state index in [0.717, 1.165) is 16.7 Å². The number of carbonyl (C=O) groups excluding carboxylic acids is 1. The quantitative estimate of drug-likeness (QED) is 0.559. The van der Waals surface area contributed by atoms with Crippen LogP contribution in [-0.4, -0.2) is 13.9 Å². The van der Waals surface area contributed by atoms with Crippen LogP contribution in [0.1, 0.15) is 5.56 Å². The zero-order valence-electron chi connectivity index (χ0n) is 10.0. The minimum absolute atomic E-state index is 0.128. The van der Waals surface area contributed by atoms with E-state index in [1.54, 1.807) is 0 Å². The molecule has 16 heavy (non-hydrogen) atoms. The van der Waals surface area contributed by atoms with Crippen LogP contribution in [0.2, 0.25) is 19.6 Å². The van der Waals surface area contributed by atoms with E-state index in [4.69, 9.17) is 0 Å². The maximum absolute atomic E-state index is 11.9. The second-order valence-corrected chi connectivity index (χ2v) is 10.2. The van der Waals surface area contributed by atoms with E-state index in [-0.39, 0.29) is 5.78 Å². The molecule has 0 amide bonds. The van der Waals surface area contributed by atoms with Crippen molar-refractivity contribution in [2.75, 3.05) is 0 Å². The number of allylic oxidation sites excluding steroid dienone is 3. The molecular weight excluding hydrogens is 212 g/mol. The van der Waals surface area contributed by atoms with Gasteiger partial charge in [0.2, 0.25) is 0 Å². The van der Waals surface area contributed by atoms with Crippen molar-refractivity contribution in [3.63, 3.8) is 0 Å². The molecule has 0 aromatic heterocycles. The third kappa shape index (κ3) is 1.59. The normalized spacial score (nSPS) is 16.4. The van der Waals surface area contributed by atoms with E-state index in [9.17, 15) is 4.79 Å². The summed E-state index contributed by atoms with van der Waals surface area (Å²) >= 11 is 0. The highest BCUT2D eigenvalue weighted by Gasteiger charge is 2.39. The molecule has 2 heteroatoms. The van der Waals surface area contributed by atoms with Crippen molar-refractivity contribution < 1.29 is 4.79 Å². The lowest BCUT2D eigenvalue weighted by Crippen LogP contribution is -2.36. The van der Waals surface area contributed by atoms with Gasteiger partial charge in [0.05, 0.1) is 8.07 Å². The zero-order chi connectivity index (χ0) is 11.9. The van der Waals surface area contributed by atoms with Crippen molar-refractivity contribution in [1.29, 1.82) is 0 Å². The lowest BCUT2D eigenvalue weighted by molar-refractivity contribution is -0.111. The molecular formula is C14H16OSi. The SMILES string of the molecule is C=C1C(=O)C(c2ccccc2)=C1[Si](C)(C)C. The largest absolute Gasteiger partial charge is 0.289 e. The van der Waals surface area contributed by atoms with E-state index >= 15 is 0 Å². The molecule has 1 aromatic carbocycles. The smallest absolute Gasteiger partial charge is 0.192 e. The van der Waals surface area contributed by atoms with Crippen molar-refractivity contribution in [2.24, 2.45) is 0 Å². The highest BCUT2D eigenvalue weighted by molar-refractivity contribution is 6.88. The van der Waals surface area contributed by atoms with Crippen LogP contribution in [0.3, 0.4) is 0 Å². The molecule has 1 aliphatic carbocycles. The number of hydrogen-bond acceptors (Lipinski definition) is 1. The first-order chi connectivity index (χ1) is 7.43. The second kappa shape index (κ2) is 3.56. The molecule has 2 rings (SSSR count). The van der Waals surface area contributed by atoms with Gasteiger partial charge in [-0.2, -0.15) is 0 Å². The number of benzene rings is 1. The van der Waals surface area contributed by atoms with Gasteiger partial charge in [-0.15, -0.1) is 0 Å². The van der Waals surface area contributed by atoms with Crippen molar-refractivity contribution >= 4 is 19.4 Å². The van der Waals surface area contributed by atoms with Crippen molar-refractivity contribution in [2.45, 2.75) is 19.6 Å². The Morgan fingerprint density at radius 1 is 1.06 bits per heavy atom. The van der Waals surface area contributed by atoms with Gasteiger partial charge in [0.25, 0.3) is 0 Å². The van der Waals surface area contributed by atoms with Gasteiger partial charge in [0.15, 0.2) is 5.78 Å². The summed E-state index contributed by atoms with van der Waals surface area (Å²) in [4.78, 5) is 11.9. The summed E-state index contributed by atoms with van der Waals surface area (Å²) in [7, 11) is -1.47. The summed E-state index contributed by atoms with van der Waals surface area (Å²) in [6.07, 6.45) is 0. The van der Waals surface area contributed by atoms with E-state index < -0.39 is 8.07 Å². The van der Waals surface area contributed by atoms with E-state index in [1.807, 2.05) is 30.3 Å². The van der Waals surface area contributed by atoms with Crippen LogP contribution in [-0.2, 0) is 4.79 Å². The van der Waals surface area contributed by atoms with Gasteiger partial charge in [-0.1, -0.05) is 56.6 Å². The fraction of sp³-hybridized carbons (Fsp3) is 0.214. The Bertz CT molecular complexity index is 489. The highest BCUT2D eigenvalue weighted by atomic mass is 28.3. The summed E-state index contributed by atoms with van der Waals surface area (Å²) in [5, 5.41) is 1.24. The van der Waals surface area contributed by atoms with Gasteiger partial charge >= 0.3 is 0 Å². The van der Waals surface area contributed by atoms with Crippen LogP contribution in [0.15, 0.2) is 47.7 Å². The minimum Gasteiger partial charge on any atom is -0.289 e. The van der Waals surface area contributed by atoms with Gasteiger partial charge in [-0.05, 0) is 10.8 Å².